The van der Waals surface area contributed by atoms with E-state index < -0.39 is 40.8 Å². The van der Waals surface area contributed by atoms with Gasteiger partial charge in [-0.2, -0.15) is 0 Å². The SMILES string of the molecule is O=P(O)(O)OC[C@H]1OC(OP(=O)(O)O)C[C@@H]1O. The molecule has 1 rings (SSSR count). The fourth-order valence-electron chi connectivity index (χ4n) is 1.23. The number of phosphoric acid groups is 2. The van der Waals surface area contributed by atoms with E-state index in [2.05, 4.69) is 9.05 Å². The maximum Gasteiger partial charge on any atom is 0.471 e. The van der Waals surface area contributed by atoms with E-state index in [0.29, 0.717) is 0 Å². The van der Waals surface area contributed by atoms with Crippen LogP contribution in [0.3, 0.4) is 0 Å². The molecule has 3 atom stereocenters. The Morgan fingerprint density at radius 3 is 2.24 bits per heavy atom. The fourth-order valence-corrected chi connectivity index (χ4v) is 2.02. The van der Waals surface area contributed by atoms with Crippen LogP contribution in [-0.4, -0.2) is 49.8 Å². The molecule has 12 heteroatoms. The molecule has 17 heavy (non-hydrogen) atoms. The van der Waals surface area contributed by atoms with Crippen molar-refractivity contribution in [3.8, 4) is 0 Å². The predicted octanol–water partition coefficient (Wildman–Crippen LogP) is -1.32. The minimum absolute atomic E-state index is 0.236. The van der Waals surface area contributed by atoms with E-state index in [1.807, 2.05) is 0 Å². The zero-order valence-electron chi connectivity index (χ0n) is 8.32. The number of hydrogen-bond acceptors (Lipinski definition) is 6. The molecular weight excluding hydrogens is 282 g/mol. The van der Waals surface area contributed by atoms with Crippen LogP contribution in [0.4, 0.5) is 0 Å². The van der Waals surface area contributed by atoms with Crippen LogP contribution in [0.5, 0.6) is 0 Å². The van der Waals surface area contributed by atoms with Crippen LogP contribution in [0.2, 0.25) is 0 Å². The van der Waals surface area contributed by atoms with Gasteiger partial charge in [0, 0.05) is 6.42 Å². The number of hydrogen-bond donors (Lipinski definition) is 5. The summed E-state index contributed by atoms with van der Waals surface area (Å²) in [6.07, 6.45) is -3.91. The molecule has 1 aliphatic heterocycles. The molecule has 0 aliphatic carbocycles. The van der Waals surface area contributed by atoms with Crippen molar-refractivity contribution in [3.05, 3.63) is 0 Å². The zero-order chi connectivity index (χ0) is 13.3. The maximum atomic E-state index is 10.5. The molecule has 1 fully saturated rings. The van der Waals surface area contributed by atoms with Crippen LogP contribution < -0.4 is 0 Å². The Kier molecular flexibility index (Phi) is 4.84. The molecule has 1 saturated heterocycles. The first-order valence-electron chi connectivity index (χ1n) is 4.34. The van der Waals surface area contributed by atoms with Crippen molar-refractivity contribution in [1.29, 1.82) is 0 Å². The summed E-state index contributed by atoms with van der Waals surface area (Å²) < 4.78 is 33.9. The van der Waals surface area contributed by atoms with Gasteiger partial charge in [-0.15, -0.1) is 0 Å². The highest BCUT2D eigenvalue weighted by atomic mass is 31.2. The van der Waals surface area contributed by atoms with Crippen molar-refractivity contribution >= 4 is 15.6 Å². The lowest BCUT2D eigenvalue weighted by atomic mass is 10.2. The summed E-state index contributed by atoms with van der Waals surface area (Å²) >= 11 is 0. The van der Waals surface area contributed by atoms with Gasteiger partial charge >= 0.3 is 15.6 Å². The summed E-state index contributed by atoms with van der Waals surface area (Å²) in [7, 11) is -9.44. The Labute approximate surface area is 95.6 Å². The van der Waals surface area contributed by atoms with Gasteiger partial charge in [0.25, 0.3) is 0 Å². The van der Waals surface area contributed by atoms with Crippen LogP contribution in [0, 0.1) is 0 Å². The van der Waals surface area contributed by atoms with Gasteiger partial charge in [0.2, 0.25) is 0 Å². The van der Waals surface area contributed by atoms with E-state index in [-0.39, 0.29) is 6.42 Å². The van der Waals surface area contributed by atoms with E-state index in [4.69, 9.17) is 24.3 Å². The molecule has 0 radical (unpaired) electrons. The number of phosphoric ester groups is 2. The van der Waals surface area contributed by atoms with Gasteiger partial charge in [-0.25, -0.2) is 9.13 Å². The van der Waals surface area contributed by atoms with Crippen molar-refractivity contribution in [1.82, 2.24) is 0 Å². The second kappa shape index (κ2) is 5.41. The molecule has 102 valence electrons. The summed E-state index contributed by atoms with van der Waals surface area (Å²) in [6.45, 7) is -0.619. The molecule has 0 bridgehead atoms. The molecule has 0 aromatic heterocycles. The average Bonchev–Trinajstić information content (AvgIpc) is 2.38. The third-order valence-electron chi connectivity index (χ3n) is 1.85. The maximum absolute atomic E-state index is 10.5. The second-order valence-corrected chi connectivity index (χ2v) is 5.72. The summed E-state index contributed by atoms with van der Waals surface area (Å²) in [5.74, 6) is 0. The van der Waals surface area contributed by atoms with Crippen LogP contribution in [0.25, 0.3) is 0 Å². The molecule has 0 amide bonds. The van der Waals surface area contributed by atoms with Crippen molar-refractivity contribution in [2.45, 2.75) is 24.9 Å². The first-order chi connectivity index (χ1) is 7.57. The highest BCUT2D eigenvalue weighted by Crippen LogP contribution is 2.42. The van der Waals surface area contributed by atoms with E-state index >= 15 is 0 Å². The molecule has 0 spiro atoms. The normalized spacial score (nSPS) is 30.8. The van der Waals surface area contributed by atoms with Gasteiger partial charge in [0.1, 0.15) is 6.10 Å². The summed E-state index contributed by atoms with van der Waals surface area (Å²) in [5, 5.41) is 9.36. The van der Waals surface area contributed by atoms with Gasteiger partial charge in [0.15, 0.2) is 6.29 Å². The lowest BCUT2D eigenvalue weighted by molar-refractivity contribution is -0.101. The monoisotopic (exact) mass is 294 g/mol. The Hall–Kier alpha value is 0.140. The van der Waals surface area contributed by atoms with E-state index in [1.54, 1.807) is 0 Å². The third kappa shape index (κ3) is 6.03. The van der Waals surface area contributed by atoms with Crippen LogP contribution in [0.1, 0.15) is 6.42 Å². The average molecular weight is 294 g/mol. The predicted molar refractivity (Wildman–Crippen MR) is 50.4 cm³/mol. The van der Waals surface area contributed by atoms with Gasteiger partial charge in [0.05, 0.1) is 12.7 Å². The topological polar surface area (TPSA) is 163 Å². The largest absolute Gasteiger partial charge is 0.471 e. The first-order valence-corrected chi connectivity index (χ1v) is 7.40. The number of rotatable bonds is 5. The van der Waals surface area contributed by atoms with Crippen LogP contribution in [0.15, 0.2) is 0 Å². The van der Waals surface area contributed by atoms with Gasteiger partial charge in [-0.1, -0.05) is 0 Å². The van der Waals surface area contributed by atoms with Gasteiger partial charge < -0.3 is 29.4 Å². The summed E-state index contributed by atoms with van der Waals surface area (Å²) in [5.41, 5.74) is 0. The number of aliphatic hydroxyl groups excluding tert-OH is 1. The molecule has 10 nitrogen and oxygen atoms in total. The standard InChI is InChI=1S/C5H12O10P2/c6-3-1-5(15-17(10,11)12)14-4(3)2-13-16(7,8)9/h3-6H,1-2H2,(H2,7,8,9)(H2,10,11,12)/t3-,4+,5?/m0/s1. The van der Waals surface area contributed by atoms with Crippen molar-refractivity contribution in [2.24, 2.45) is 0 Å². The highest BCUT2D eigenvalue weighted by Gasteiger charge is 2.39. The highest BCUT2D eigenvalue weighted by molar-refractivity contribution is 7.46. The number of aliphatic hydroxyl groups is 1. The van der Waals surface area contributed by atoms with Crippen molar-refractivity contribution < 1.29 is 47.6 Å². The fraction of sp³-hybridized carbons (Fsp3) is 1.00. The minimum Gasteiger partial charge on any atom is -0.390 e. The van der Waals surface area contributed by atoms with Crippen LogP contribution >= 0.6 is 15.6 Å². The molecule has 5 N–H and O–H groups in total. The Morgan fingerprint density at radius 1 is 1.18 bits per heavy atom. The second-order valence-electron chi connectivity index (χ2n) is 3.29. The minimum atomic E-state index is -4.75. The Morgan fingerprint density at radius 2 is 1.76 bits per heavy atom. The van der Waals surface area contributed by atoms with E-state index in [9.17, 15) is 14.2 Å². The van der Waals surface area contributed by atoms with Crippen LogP contribution in [-0.2, 0) is 22.9 Å². The third-order valence-corrected chi connectivity index (χ3v) is 2.85. The smallest absolute Gasteiger partial charge is 0.390 e. The Bertz CT molecular complexity index is 345. The van der Waals surface area contributed by atoms with Gasteiger partial charge in [-0.3, -0.25) is 9.05 Å². The zero-order valence-corrected chi connectivity index (χ0v) is 10.1. The van der Waals surface area contributed by atoms with Gasteiger partial charge in [-0.05, 0) is 0 Å². The quantitative estimate of drug-likeness (QED) is 0.384. The lowest BCUT2D eigenvalue weighted by Crippen LogP contribution is -2.26. The Balaban J connectivity index is 2.45. The first kappa shape index (κ1) is 15.2. The molecule has 1 aliphatic rings. The molecule has 0 aromatic carbocycles. The summed E-state index contributed by atoms with van der Waals surface area (Å²) in [6, 6.07) is 0. The molecule has 1 heterocycles. The molecule has 0 saturated carbocycles. The van der Waals surface area contributed by atoms with Crippen molar-refractivity contribution in [2.75, 3.05) is 6.61 Å². The van der Waals surface area contributed by atoms with E-state index in [0.717, 1.165) is 0 Å². The van der Waals surface area contributed by atoms with E-state index in [1.165, 1.54) is 0 Å². The number of ether oxygens (including phenoxy) is 1. The molecule has 0 aromatic rings. The molecular formula is C5H12O10P2. The molecule has 1 unspecified atom stereocenters. The summed E-state index contributed by atoms with van der Waals surface area (Å²) in [4.78, 5) is 33.8. The lowest BCUT2D eigenvalue weighted by Gasteiger charge is -2.15. The van der Waals surface area contributed by atoms with Crippen molar-refractivity contribution in [3.63, 3.8) is 0 Å².